The summed E-state index contributed by atoms with van der Waals surface area (Å²) in [6.45, 7) is 1.08. The van der Waals surface area contributed by atoms with E-state index in [0.717, 1.165) is 12.3 Å². The van der Waals surface area contributed by atoms with Gasteiger partial charge in [-0.3, -0.25) is 0 Å². The molecule has 1 saturated heterocycles. The average Bonchev–Trinajstić information content (AvgIpc) is 3.07. The molecular weight excluding hydrogens is 260 g/mol. The van der Waals surface area contributed by atoms with Crippen LogP contribution < -0.4 is 10.6 Å². The number of rotatable bonds is 6. The van der Waals surface area contributed by atoms with Gasteiger partial charge in [-0.1, -0.05) is 25.7 Å². The summed E-state index contributed by atoms with van der Waals surface area (Å²) < 4.78 is 5.32. The van der Waals surface area contributed by atoms with Crippen LogP contribution in [0.1, 0.15) is 44.9 Å². The summed E-state index contributed by atoms with van der Waals surface area (Å²) in [7, 11) is 0. The fraction of sp³-hybridized carbons (Fsp3) is 0.857. The van der Waals surface area contributed by atoms with E-state index in [2.05, 4.69) is 10.6 Å². The van der Waals surface area contributed by atoms with E-state index in [1.54, 1.807) is 0 Å². The van der Waals surface area contributed by atoms with Gasteiger partial charge in [0.1, 0.15) is 0 Å². The molecule has 6 nitrogen and oxygen atoms in total. The Bertz CT molecular complexity index is 342. The maximum absolute atomic E-state index is 11.6. The molecule has 0 bridgehead atoms. The maximum atomic E-state index is 11.6. The molecule has 0 aromatic carbocycles. The first-order valence-corrected chi connectivity index (χ1v) is 7.55. The number of nitrogens with one attached hydrogen (secondary N) is 2. The molecule has 0 spiro atoms. The van der Waals surface area contributed by atoms with Crippen LogP contribution in [0.15, 0.2) is 0 Å². The lowest BCUT2D eigenvalue weighted by atomic mass is 10.0. The van der Waals surface area contributed by atoms with E-state index in [9.17, 15) is 9.59 Å². The fourth-order valence-corrected chi connectivity index (χ4v) is 3.00. The van der Waals surface area contributed by atoms with E-state index >= 15 is 0 Å². The minimum Gasteiger partial charge on any atom is -0.479 e. The number of carbonyl (C=O) groups is 2. The van der Waals surface area contributed by atoms with Crippen molar-refractivity contribution in [1.82, 2.24) is 10.6 Å². The second-order valence-corrected chi connectivity index (χ2v) is 5.74. The van der Waals surface area contributed by atoms with Crippen molar-refractivity contribution in [2.75, 3.05) is 13.1 Å². The SMILES string of the molecule is O=C(NCCC1CCCC1)NCC1CCC(C(=O)O)O1. The largest absolute Gasteiger partial charge is 0.479 e. The van der Waals surface area contributed by atoms with Crippen molar-refractivity contribution in [2.45, 2.75) is 57.2 Å². The van der Waals surface area contributed by atoms with Gasteiger partial charge in [-0.05, 0) is 25.2 Å². The van der Waals surface area contributed by atoms with Crippen LogP contribution in [0, 0.1) is 5.92 Å². The molecule has 0 aromatic heterocycles. The first kappa shape index (κ1) is 15.1. The van der Waals surface area contributed by atoms with Crippen LogP contribution in [-0.2, 0) is 9.53 Å². The predicted octanol–water partition coefficient (Wildman–Crippen LogP) is 1.50. The Morgan fingerprint density at radius 2 is 1.85 bits per heavy atom. The molecule has 1 aliphatic carbocycles. The second-order valence-electron chi connectivity index (χ2n) is 5.74. The van der Waals surface area contributed by atoms with E-state index in [4.69, 9.17) is 9.84 Å². The molecule has 3 N–H and O–H groups in total. The zero-order valence-electron chi connectivity index (χ0n) is 11.8. The van der Waals surface area contributed by atoms with Gasteiger partial charge < -0.3 is 20.5 Å². The van der Waals surface area contributed by atoms with E-state index < -0.39 is 12.1 Å². The quantitative estimate of drug-likeness (QED) is 0.689. The number of hydrogen-bond acceptors (Lipinski definition) is 3. The van der Waals surface area contributed by atoms with Crippen LogP contribution in [0.4, 0.5) is 4.79 Å². The molecule has 20 heavy (non-hydrogen) atoms. The number of ether oxygens (including phenoxy) is 1. The Hall–Kier alpha value is -1.30. The van der Waals surface area contributed by atoms with Gasteiger partial charge in [0, 0.05) is 13.1 Å². The number of carboxylic acid groups (broad SMARTS) is 1. The molecular formula is C14H24N2O4. The van der Waals surface area contributed by atoms with E-state index in [0.29, 0.717) is 25.9 Å². The third kappa shape index (κ3) is 4.67. The molecule has 114 valence electrons. The van der Waals surface area contributed by atoms with Crippen molar-refractivity contribution in [2.24, 2.45) is 5.92 Å². The van der Waals surface area contributed by atoms with Gasteiger partial charge in [-0.25, -0.2) is 9.59 Å². The molecule has 2 aliphatic rings. The van der Waals surface area contributed by atoms with Crippen LogP contribution >= 0.6 is 0 Å². The summed E-state index contributed by atoms with van der Waals surface area (Å²) >= 11 is 0. The van der Waals surface area contributed by atoms with Gasteiger partial charge in [0.25, 0.3) is 0 Å². The molecule has 2 amide bonds. The van der Waals surface area contributed by atoms with Crippen molar-refractivity contribution in [3.63, 3.8) is 0 Å². The number of carboxylic acids is 1. The maximum Gasteiger partial charge on any atom is 0.332 e. The zero-order valence-corrected chi connectivity index (χ0v) is 11.8. The van der Waals surface area contributed by atoms with Gasteiger partial charge in [-0.2, -0.15) is 0 Å². The minimum atomic E-state index is -0.923. The van der Waals surface area contributed by atoms with Crippen LogP contribution in [0.2, 0.25) is 0 Å². The Kier molecular flexibility index (Phi) is 5.64. The number of amides is 2. The first-order valence-electron chi connectivity index (χ1n) is 7.55. The van der Waals surface area contributed by atoms with Crippen LogP contribution in [0.5, 0.6) is 0 Å². The first-order chi connectivity index (χ1) is 9.65. The van der Waals surface area contributed by atoms with Crippen molar-refractivity contribution in [3.8, 4) is 0 Å². The highest BCUT2D eigenvalue weighted by Crippen LogP contribution is 2.26. The molecule has 6 heteroatoms. The second kappa shape index (κ2) is 7.47. The smallest absolute Gasteiger partial charge is 0.332 e. The third-order valence-corrected chi connectivity index (χ3v) is 4.19. The highest BCUT2D eigenvalue weighted by atomic mass is 16.5. The molecule has 0 radical (unpaired) electrons. The summed E-state index contributed by atoms with van der Waals surface area (Å²) in [5, 5.41) is 14.4. The molecule has 1 aliphatic heterocycles. The average molecular weight is 284 g/mol. The summed E-state index contributed by atoms with van der Waals surface area (Å²) in [5.41, 5.74) is 0. The molecule has 1 saturated carbocycles. The van der Waals surface area contributed by atoms with Gasteiger partial charge in [-0.15, -0.1) is 0 Å². The van der Waals surface area contributed by atoms with Gasteiger partial charge in [0.15, 0.2) is 6.10 Å². The Labute approximate surface area is 119 Å². The lowest BCUT2D eigenvalue weighted by molar-refractivity contribution is -0.149. The molecule has 1 heterocycles. The molecule has 2 unspecified atom stereocenters. The van der Waals surface area contributed by atoms with Crippen LogP contribution in [0.25, 0.3) is 0 Å². The number of hydrogen-bond donors (Lipinski definition) is 3. The monoisotopic (exact) mass is 284 g/mol. The van der Waals surface area contributed by atoms with Crippen molar-refractivity contribution in [1.29, 1.82) is 0 Å². The standard InChI is InChI=1S/C14H24N2O4/c17-13(18)12-6-5-11(20-12)9-16-14(19)15-8-7-10-3-1-2-4-10/h10-12H,1-9H2,(H,17,18)(H2,15,16,19). The lowest BCUT2D eigenvalue weighted by Crippen LogP contribution is -2.40. The van der Waals surface area contributed by atoms with Gasteiger partial charge in [0.2, 0.25) is 0 Å². The number of aliphatic carboxylic acids is 1. The summed E-state index contributed by atoms with van der Waals surface area (Å²) in [4.78, 5) is 22.3. The molecule has 2 rings (SSSR count). The van der Waals surface area contributed by atoms with Gasteiger partial charge in [0.05, 0.1) is 6.10 Å². The fourth-order valence-electron chi connectivity index (χ4n) is 3.00. The topological polar surface area (TPSA) is 87.7 Å². The number of carbonyl (C=O) groups excluding carboxylic acids is 1. The van der Waals surface area contributed by atoms with Crippen molar-refractivity contribution in [3.05, 3.63) is 0 Å². The summed E-state index contributed by atoms with van der Waals surface area (Å²) in [6.07, 6.45) is 6.56. The van der Waals surface area contributed by atoms with E-state index in [1.807, 2.05) is 0 Å². The van der Waals surface area contributed by atoms with Crippen molar-refractivity contribution < 1.29 is 19.4 Å². The van der Waals surface area contributed by atoms with E-state index in [1.165, 1.54) is 25.7 Å². The Balaban J connectivity index is 1.53. The normalized spacial score (nSPS) is 26.6. The Morgan fingerprint density at radius 1 is 1.10 bits per heavy atom. The number of urea groups is 1. The minimum absolute atomic E-state index is 0.184. The lowest BCUT2D eigenvalue weighted by Gasteiger charge is -2.14. The Morgan fingerprint density at radius 3 is 2.50 bits per heavy atom. The van der Waals surface area contributed by atoms with Crippen LogP contribution in [-0.4, -0.2) is 42.4 Å². The highest BCUT2D eigenvalue weighted by molar-refractivity contribution is 5.74. The van der Waals surface area contributed by atoms with E-state index in [-0.39, 0.29) is 12.1 Å². The molecule has 0 aromatic rings. The highest BCUT2D eigenvalue weighted by Gasteiger charge is 2.30. The summed E-state index contributed by atoms with van der Waals surface area (Å²) in [6, 6.07) is -0.189. The molecule has 2 atom stereocenters. The molecule has 2 fully saturated rings. The van der Waals surface area contributed by atoms with Crippen LogP contribution in [0.3, 0.4) is 0 Å². The van der Waals surface area contributed by atoms with Crippen molar-refractivity contribution >= 4 is 12.0 Å². The zero-order chi connectivity index (χ0) is 14.4. The predicted molar refractivity (Wildman–Crippen MR) is 73.5 cm³/mol. The van der Waals surface area contributed by atoms with Gasteiger partial charge >= 0.3 is 12.0 Å². The third-order valence-electron chi connectivity index (χ3n) is 4.19. The summed E-state index contributed by atoms with van der Waals surface area (Å²) in [5.74, 6) is -0.154.